The fraction of sp³-hybridized carbons (Fsp3) is 0.312. The van der Waals surface area contributed by atoms with Crippen molar-refractivity contribution in [3.63, 3.8) is 0 Å². The van der Waals surface area contributed by atoms with Crippen LogP contribution >= 0.6 is 0 Å². The maximum Gasteiger partial charge on any atom is 0.294 e. The first kappa shape index (κ1) is 13.4. The number of benzene rings is 1. The minimum Gasteiger partial charge on any atom is -0.321 e. The van der Waals surface area contributed by atoms with E-state index in [9.17, 15) is 4.79 Å². The molecule has 5 nitrogen and oxygen atoms in total. The Morgan fingerprint density at radius 3 is 2.76 bits per heavy atom. The molecule has 1 heterocycles. The SMILES string of the molecule is N#CCCN(c1ccccc1)c1nccn(C2CC2)c1=O. The molecule has 1 aromatic heterocycles. The highest BCUT2D eigenvalue weighted by Crippen LogP contribution is 2.33. The number of nitrogens with zero attached hydrogens (tertiary/aromatic N) is 4. The maximum absolute atomic E-state index is 12.6. The van der Waals surface area contributed by atoms with Gasteiger partial charge < -0.3 is 9.47 Å². The molecule has 0 radical (unpaired) electrons. The van der Waals surface area contributed by atoms with Crippen molar-refractivity contribution in [2.75, 3.05) is 11.4 Å². The molecule has 5 heteroatoms. The number of anilines is 2. The molecule has 2 aromatic rings. The van der Waals surface area contributed by atoms with Gasteiger partial charge in [-0.15, -0.1) is 0 Å². The molecule has 21 heavy (non-hydrogen) atoms. The smallest absolute Gasteiger partial charge is 0.294 e. The lowest BCUT2D eigenvalue weighted by Gasteiger charge is -2.22. The van der Waals surface area contributed by atoms with Gasteiger partial charge in [-0.05, 0) is 25.0 Å². The van der Waals surface area contributed by atoms with Crippen LogP contribution in [0.4, 0.5) is 11.5 Å². The van der Waals surface area contributed by atoms with Crippen LogP contribution in [0.25, 0.3) is 0 Å². The van der Waals surface area contributed by atoms with Crippen molar-refractivity contribution >= 4 is 11.5 Å². The van der Waals surface area contributed by atoms with Gasteiger partial charge in [0.25, 0.3) is 5.56 Å². The lowest BCUT2D eigenvalue weighted by molar-refractivity contribution is 0.694. The summed E-state index contributed by atoms with van der Waals surface area (Å²) in [5.74, 6) is 0.394. The first-order valence-corrected chi connectivity index (χ1v) is 7.08. The predicted octanol–water partition coefficient (Wildman–Crippen LogP) is 2.63. The van der Waals surface area contributed by atoms with Gasteiger partial charge in [-0.25, -0.2) is 4.98 Å². The molecule has 1 saturated carbocycles. The minimum atomic E-state index is -0.0817. The molecule has 0 saturated heterocycles. The summed E-state index contributed by atoms with van der Waals surface area (Å²) >= 11 is 0. The number of rotatable bonds is 5. The van der Waals surface area contributed by atoms with E-state index in [4.69, 9.17) is 5.26 Å². The topological polar surface area (TPSA) is 61.9 Å². The molecule has 1 fully saturated rings. The number of hydrogen-bond donors (Lipinski definition) is 0. The summed E-state index contributed by atoms with van der Waals surface area (Å²) in [6.45, 7) is 0.456. The Labute approximate surface area is 123 Å². The molecule has 0 atom stereocenters. The lowest BCUT2D eigenvalue weighted by Crippen LogP contribution is -2.30. The molecule has 0 aliphatic heterocycles. The molecule has 0 bridgehead atoms. The summed E-state index contributed by atoms with van der Waals surface area (Å²) in [5, 5.41) is 8.85. The largest absolute Gasteiger partial charge is 0.321 e. The third kappa shape index (κ3) is 2.79. The molecule has 0 N–H and O–H groups in total. The monoisotopic (exact) mass is 280 g/mol. The molecular formula is C16H16N4O. The number of nitriles is 1. The molecule has 1 aliphatic rings. The van der Waals surface area contributed by atoms with Crippen molar-refractivity contribution < 1.29 is 0 Å². The van der Waals surface area contributed by atoms with Gasteiger partial charge >= 0.3 is 0 Å². The fourth-order valence-electron chi connectivity index (χ4n) is 2.37. The second-order valence-corrected chi connectivity index (χ2v) is 5.09. The average Bonchev–Trinajstić information content (AvgIpc) is 3.35. The molecule has 1 aromatic carbocycles. The van der Waals surface area contributed by atoms with Crippen molar-refractivity contribution in [2.45, 2.75) is 25.3 Å². The van der Waals surface area contributed by atoms with E-state index < -0.39 is 0 Å². The number of aromatic nitrogens is 2. The zero-order chi connectivity index (χ0) is 14.7. The lowest BCUT2D eigenvalue weighted by atomic mass is 10.2. The van der Waals surface area contributed by atoms with E-state index in [1.807, 2.05) is 35.2 Å². The van der Waals surface area contributed by atoms with Crippen molar-refractivity contribution in [3.05, 3.63) is 53.1 Å². The second-order valence-electron chi connectivity index (χ2n) is 5.09. The van der Waals surface area contributed by atoms with Crippen LogP contribution < -0.4 is 10.5 Å². The standard InChI is InChI=1S/C16H16N4O/c17-9-4-11-19(13-5-2-1-3-6-13)15-16(21)20(12-10-18-15)14-7-8-14/h1-3,5-6,10,12,14H,4,7-8,11H2. The minimum absolute atomic E-state index is 0.0817. The molecule has 0 amide bonds. The third-order valence-corrected chi connectivity index (χ3v) is 3.56. The van der Waals surface area contributed by atoms with Crippen molar-refractivity contribution in [2.24, 2.45) is 0 Å². The molecule has 0 spiro atoms. The summed E-state index contributed by atoms with van der Waals surface area (Å²) < 4.78 is 1.75. The van der Waals surface area contributed by atoms with Crippen LogP contribution in [-0.2, 0) is 0 Å². The maximum atomic E-state index is 12.6. The average molecular weight is 280 g/mol. The first-order valence-electron chi connectivity index (χ1n) is 7.08. The van der Waals surface area contributed by atoms with Crippen LogP contribution in [0.1, 0.15) is 25.3 Å². The van der Waals surface area contributed by atoms with E-state index in [1.54, 1.807) is 17.0 Å². The molecule has 1 aliphatic carbocycles. The van der Waals surface area contributed by atoms with Crippen LogP contribution in [0.2, 0.25) is 0 Å². The Kier molecular flexibility index (Phi) is 3.69. The van der Waals surface area contributed by atoms with E-state index in [1.165, 1.54) is 0 Å². The molecular weight excluding hydrogens is 264 g/mol. The summed E-state index contributed by atoms with van der Waals surface area (Å²) in [6.07, 6.45) is 5.85. The predicted molar refractivity (Wildman–Crippen MR) is 80.4 cm³/mol. The molecule has 0 unspecified atom stereocenters. The third-order valence-electron chi connectivity index (χ3n) is 3.56. The second kappa shape index (κ2) is 5.80. The van der Waals surface area contributed by atoms with Crippen molar-refractivity contribution in [1.29, 1.82) is 5.26 Å². The van der Waals surface area contributed by atoms with Crippen LogP contribution in [0, 0.1) is 11.3 Å². The van der Waals surface area contributed by atoms with Gasteiger partial charge in [0, 0.05) is 30.7 Å². The van der Waals surface area contributed by atoms with E-state index in [0.717, 1.165) is 18.5 Å². The van der Waals surface area contributed by atoms with Gasteiger partial charge in [0.15, 0.2) is 5.82 Å². The van der Waals surface area contributed by atoms with Gasteiger partial charge in [0.2, 0.25) is 0 Å². The van der Waals surface area contributed by atoms with E-state index in [-0.39, 0.29) is 5.56 Å². The van der Waals surface area contributed by atoms with Gasteiger partial charge in [0.05, 0.1) is 12.5 Å². The summed E-state index contributed by atoms with van der Waals surface area (Å²) in [5.41, 5.74) is 0.799. The van der Waals surface area contributed by atoms with E-state index >= 15 is 0 Å². The zero-order valence-corrected chi connectivity index (χ0v) is 11.6. The number of hydrogen-bond acceptors (Lipinski definition) is 4. The molecule has 3 rings (SSSR count). The van der Waals surface area contributed by atoms with E-state index in [2.05, 4.69) is 11.1 Å². The van der Waals surface area contributed by atoms with Gasteiger partial charge in [-0.3, -0.25) is 4.79 Å². The Balaban J connectivity index is 2.02. The van der Waals surface area contributed by atoms with Crippen LogP contribution in [0.5, 0.6) is 0 Å². The van der Waals surface area contributed by atoms with Crippen molar-refractivity contribution in [3.8, 4) is 6.07 Å². The van der Waals surface area contributed by atoms with Gasteiger partial charge in [-0.2, -0.15) is 5.26 Å². The van der Waals surface area contributed by atoms with Crippen LogP contribution in [-0.4, -0.2) is 16.1 Å². The Morgan fingerprint density at radius 1 is 1.33 bits per heavy atom. The summed E-state index contributed by atoms with van der Waals surface area (Å²) in [7, 11) is 0. The first-order chi connectivity index (χ1) is 10.3. The number of para-hydroxylation sites is 1. The fourth-order valence-corrected chi connectivity index (χ4v) is 2.37. The summed E-state index contributed by atoms with van der Waals surface area (Å²) in [6, 6.07) is 12.0. The highest BCUT2D eigenvalue weighted by atomic mass is 16.1. The van der Waals surface area contributed by atoms with Gasteiger partial charge in [-0.1, -0.05) is 18.2 Å². The quantitative estimate of drug-likeness (QED) is 0.844. The summed E-state index contributed by atoms with van der Waals surface area (Å²) in [4.78, 5) is 18.7. The molecule has 106 valence electrons. The Hall–Kier alpha value is -2.61. The zero-order valence-electron chi connectivity index (χ0n) is 11.6. The van der Waals surface area contributed by atoms with E-state index in [0.29, 0.717) is 24.8 Å². The van der Waals surface area contributed by atoms with Gasteiger partial charge in [0.1, 0.15) is 0 Å². The highest BCUT2D eigenvalue weighted by Gasteiger charge is 2.26. The van der Waals surface area contributed by atoms with Crippen molar-refractivity contribution in [1.82, 2.24) is 9.55 Å². The Morgan fingerprint density at radius 2 is 2.10 bits per heavy atom. The van der Waals surface area contributed by atoms with Crippen LogP contribution in [0.3, 0.4) is 0 Å². The van der Waals surface area contributed by atoms with Crippen LogP contribution in [0.15, 0.2) is 47.5 Å². The highest BCUT2D eigenvalue weighted by molar-refractivity contribution is 5.59. The Bertz CT molecular complexity index is 713. The normalized spacial score (nSPS) is 13.7.